The van der Waals surface area contributed by atoms with Crippen molar-refractivity contribution in [2.75, 3.05) is 0 Å². The quantitative estimate of drug-likeness (QED) is 0.894. The van der Waals surface area contributed by atoms with E-state index in [1.807, 2.05) is 6.92 Å². The molecule has 0 aromatic heterocycles. The number of hydrogen-bond donors (Lipinski definition) is 1. The number of carboxylic acid groups (broad SMARTS) is 1. The van der Waals surface area contributed by atoms with Gasteiger partial charge in [0.2, 0.25) is 0 Å². The molecule has 0 spiro atoms. The van der Waals surface area contributed by atoms with E-state index in [0.29, 0.717) is 18.4 Å². The van der Waals surface area contributed by atoms with Gasteiger partial charge in [0.05, 0.1) is 10.4 Å². The van der Waals surface area contributed by atoms with Gasteiger partial charge in [-0.1, -0.05) is 24.6 Å². The minimum absolute atomic E-state index is 0.0561. The molecular weight excluding hydrogens is 243 g/mol. The molecule has 0 saturated heterocycles. The Morgan fingerprint density at radius 2 is 2.06 bits per heavy atom. The maximum absolute atomic E-state index is 13.5. The standard InChI is InChI=1S/C13H16ClFO2/c1-4-9-5-8(6-10(14)11(9)15)7-13(2,3)12(16)17/h5-6H,4,7H2,1-3H3,(H,16,17). The molecule has 4 heteroatoms. The summed E-state index contributed by atoms with van der Waals surface area (Å²) in [6.45, 7) is 5.11. The maximum Gasteiger partial charge on any atom is 0.309 e. The molecule has 0 unspecified atom stereocenters. The summed E-state index contributed by atoms with van der Waals surface area (Å²) >= 11 is 5.78. The molecule has 0 aliphatic carbocycles. The van der Waals surface area contributed by atoms with E-state index in [1.54, 1.807) is 19.9 Å². The maximum atomic E-state index is 13.5. The molecule has 1 N–H and O–H groups in total. The summed E-state index contributed by atoms with van der Waals surface area (Å²) in [6, 6.07) is 3.19. The normalized spacial score (nSPS) is 11.6. The monoisotopic (exact) mass is 258 g/mol. The summed E-state index contributed by atoms with van der Waals surface area (Å²) in [5, 5.41) is 9.10. The highest BCUT2D eigenvalue weighted by Gasteiger charge is 2.27. The van der Waals surface area contributed by atoms with Crippen LogP contribution >= 0.6 is 11.6 Å². The molecule has 0 radical (unpaired) electrons. The Labute approximate surface area is 105 Å². The Kier molecular flexibility index (Phi) is 4.15. The van der Waals surface area contributed by atoms with Crippen LogP contribution in [-0.2, 0) is 17.6 Å². The fraction of sp³-hybridized carbons (Fsp3) is 0.462. The van der Waals surface area contributed by atoms with Crippen molar-refractivity contribution in [3.63, 3.8) is 0 Å². The van der Waals surface area contributed by atoms with Crippen molar-refractivity contribution in [3.05, 3.63) is 34.1 Å². The zero-order valence-corrected chi connectivity index (χ0v) is 10.9. The van der Waals surface area contributed by atoms with Crippen molar-refractivity contribution >= 4 is 17.6 Å². The van der Waals surface area contributed by atoms with Gasteiger partial charge in [-0.25, -0.2) is 4.39 Å². The molecule has 1 rings (SSSR count). The van der Waals surface area contributed by atoms with Gasteiger partial charge < -0.3 is 5.11 Å². The third-order valence-corrected chi connectivity index (χ3v) is 3.04. The molecule has 0 atom stereocenters. The molecular formula is C13H16ClFO2. The average Bonchev–Trinajstić information content (AvgIpc) is 2.22. The van der Waals surface area contributed by atoms with Gasteiger partial charge in [-0.3, -0.25) is 4.79 Å². The van der Waals surface area contributed by atoms with Crippen LogP contribution in [0.15, 0.2) is 12.1 Å². The van der Waals surface area contributed by atoms with Crippen molar-refractivity contribution in [1.82, 2.24) is 0 Å². The summed E-state index contributed by atoms with van der Waals surface area (Å²) in [4.78, 5) is 11.0. The molecule has 0 aliphatic heterocycles. The van der Waals surface area contributed by atoms with Gasteiger partial charge in [0.25, 0.3) is 0 Å². The first-order chi connectivity index (χ1) is 7.77. The van der Waals surface area contributed by atoms with Gasteiger partial charge in [0, 0.05) is 0 Å². The van der Waals surface area contributed by atoms with Crippen LogP contribution in [-0.4, -0.2) is 11.1 Å². The largest absolute Gasteiger partial charge is 0.481 e. The highest BCUT2D eigenvalue weighted by atomic mass is 35.5. The molecule has 0 bridgehead atoms. The second-order valence-electron chi connectivity index (χ2n) is 4.77. The van der Waals surface area contributed by atoms with E-state index < -0.39 is 17.2 Å². The molecule has 0 heterocycles. The highest BCUT2D eigenvalue weighted by molar-refractivity contribution is 6.30. The lowest BCUT2D eigenvalue weighted by atomic mass is 9.85. The van der Waals surface area contributed by atoms with Crippen LogP contribution < -0.4 is 0 Å². The number of carboxylic acids is 1. The second-order valence-corrected chi connectivity index (χ2v) is 5.18. The third kappa shape index (κ3) is 3.19. The summed E-state index contributed by atoms with van der Waals surface area (Å²) in [5.41, 5.74) is 0.390. The van der Waals surface area contributed by atoms with E-state index in [9.17, 15) is 9.18 Å². The molecule has 0 amide bonds. The van der Waals surface area contributed by atoms with E-state index >= 15 is 0 Å². The predicted molar refractivity (Wildman–Crippen MR) is 65.9 cm³/mol. The summed E-state index contributed by atoms with van der Waals surface area (Å²) < 4.78 is 13.5. The van der Waals surface area contributed by atoms with E-state index in [0.717, 1.165) is 5.56 Å². The molecule has 0 aliphatic rings. The van der Waals surface area contributed by atoms with Crippen molar-refractivity contribution in [1.29, 1.82) is 0 Å². The minimum Gasteiger partial charge on any atom is -0.481 e. The summed E-state index contributed by atoms with van der Waals surface area (Å²) in [5.74, 6) is -1.29. The number of halogens is 2. The summed E-state index contributed by atoms with van der Waals surface area (Å²) in [6.07, 6.45) is 0.863. The number of benzene rings is 1. The Balaban J connectivity index is 3.09. The first-order valence-electron chi connectivity index (χ1n) is 5.48. The Morgan fingerprint density at radius 1 is 1.47 bits per heavy atom. The highest BCUT2D eigenvalue weighted by Crippen LogP contribution is 2.27. The van der Waals surface area contributed by atoms with Crippen molar-refractivity contribution in [3.8, 4) is 0 Å². The number of aryl methyl sites for hydroxylation is 1. The first kappa shape index (κ1) is 14.0. The molecule has 0 fully saturated rings. The Bertz CT molecular complexity index is 441. The van der Waals surface area contributed by atoms with E-state index in [4.69, 9.17) is 16.7 Å². The van der Waals surface area contributed by atoms with Gasteiger partial charge in [0.15, 0.2) is 0 Å². The lowest BCUT2D eigenvalue weighted by Gasteiger charge is -2.19. The second kappa shape index (κ2) is 5.05. The lowest BCUT2D eigenvalue weighted by Crippen LogP contribution is -2.26. The van der Waals surface area contributed by atoms with Crippen LogP contribution in [0.1, 0.15) is 31.9 Å². The average molecular weight is 259 g/mol. The Hall–Kier alpha value is -1.09. The van der Waals surface area contributed by atoms with Gasteiger partial charge in [-0.05, 0) is 43.9 Å². The van der Waals surface area contributed by atoms with Crippen LogP contribution in [0.4, 0.5) is 4.39 Å². The smallest absolute Gasteiger partial charge is 0.309 e. The van der Waals surface area contributed by atoms with Crippen LogP contribution in [0.25, 0.3) is 0 Å². The SMILES string of the molecule is CCc1cc(CC(C)(C)C(=O)O)cc(Cl)c1F. The molecule has 2 nitrogen and oxygen atoms in total. The van der Waals surface area contributed by atoms with Crippen LogP contribution in [0, 0.1) is 11.2 Å². The number of rotatable bonds is 4. The number of carbonyl (C=O) groups is 1. The van der Waals surface area contributed by atoms with Crippen LogP contribution in [0.5, 0.6) is 0 Å². The van der Waals surface area contributed by atoms with Gasteiger partial charge in [0.1, 0.15) is 5.82 Å². The fourth-order valence-electron chi connectivity index (χ4n) is 1.65. The van der Waals surface area contributed by atoms with E-state index in [1.165, 1.54) is 6.07 Å². The van der Waals surface area contributed by atoms with Gasteiger partial charge in [-0.15, -0.1) is 0 Å². The number of aliphatic carboxylic acids is 1. The zero-order valence-electron chi connectivity index (χ0n) is 10.2. The molecule has 0 saturated carbocycles. The van der Waals surface area contributed by atoms with Crippen molar-refractivity contribution < 1.29 is 14.3 Å². The van der Waals surface area contributed by atoms with Gasteiger partial charge in [-0.2, -0.15) is 0 Å². The summed E-state index contributed by atoms with van der Waals surface area (Å²) in [7, 11) is 0. The molecule has 1 aromatic rings. The van der Waals surface area contributed by atoms with Crippen molar-refractivity contribution in [2.45, 2.75) is 33.6 Å². The minimum atomic E-state index is -0.883. The number of hydrogen-bond acceptors (Lipinski definition) is 1. The third-order valence-electron chi connectivity index (χ3n) is 2.77. The molecule has 94 valence electrons. The fourth-order valence-corrected chi connectivity index (χ4v) is 1.92. The van der Waals surface area contributed by atoms with Crippen LogP contribution in [0.3, 0.4) is 0 Å². The predicted octanol–water partition coefficient (Wildman–Crippen LogP) is 3.69. The van der Waals surface area contributed by atoms with Gasteiger partial charge >= 0.3 is 5.97 Å². The lowest BCUT2D eigenvalue weighted by molar-refractivity contribution is -0.146. The van der Waals surface area contributed by atoms with E-state index in [-0.39, 0.29) is 5.02 Å². The zero-order chi connectivity index (χ0) is 13.2. The van der Waals surface area contributed by atoms with Crippen molar-refractivity contribution in [2.24, 2.45) is 5.41 Å². The topological polar surface area (TPSA) is 37.3 Å². The molecule has 17 heavy (non-hydrogen) atoms. The van der Waals surface area contributed by atoms with Crippen LogP contribution in [0.2, 0.25) is 5.02 Å². The van der Waals surface area contributed by atoms with E-state index in [2.05, 4.69) is 0 Å². The Morgan fingerprint density at radius 3 is 2.53 bits per heavy atom. The first-order valence-corrected chi connectivity index (χ1v) is 5.86. The molecule has 1 aromatic carbocycles.